The van der Waals surface area contributed by atoms with Crippen molar-refractivity contribution in [2.45, 2.75) is 65.7 Å². The predicted octanol–water partition coefficient (Wildman–Crippen LogP) is 6.88. The molecule has 1 aliphatic rings. The maximum atomic E-state index is 13.1. The van der Waals surface area contributed by atoms with Crippen LogP contribution in [0, 0.1) is 0 Å². The summed E-state index contributed by atoms with van der Waals surface area (Å²) in [6.45, 7) is 13.5. The van der Waals surface area contributed by atoms with Crippen molar-refractivity contribution in [3.63, 3.8) is 0 Å². The van der Waals surface area contributed by atoms with Gasteiger partial charge in [0.15, 0.2) is 0 Å². The number of carbonyl (C=O) groups is 4. The number of aromatic hydroxyl groups is 1. The van der Waals surface area contributed by atoms with Crippen molar-refractivity contribution in [3.05, 3.63) is 62.5 Å². The van der Waals surface area contributed by atoms with Gasteiger partial charge < -0.3 is 15.2 Å². The molecule has 0 saturated carbocycles. The summed E-state index contributed by atoms with van der Waals surface area (Å²) in [5.41, 5.74) is 1.77. The van der Waals surface area contributed by atoms with E-state index in [0.29, 0.717) is 12.0 Å². The predicted molar refractivity (Wildman–Crippen MR) is 159 cm³/mol. The monoisotopic (exact) mass is 586 g/mol. The number of carbonyl (C=O) groups excluding carboxylic acids is 4. The number of ether oxygens (including phenoxy) is 1. The smallest absolute Gasteiger partial charge is 0.339 e. The number of esters is 1. The van der Waals surface area contributed by atoms with Gasteiger partial charge in [-0.1, -0.05) is 60.1 Å². The molecule has 214 valence electrons. The van der Waals surface area contributed by atoms with Crippen LogP contribution >= 0.6 is 23.4 Å². The van der Waals surface area contributed by atoms with Gasteiger partial charge in [0.05, 0.1) is 22.1 Å². The zero-order chi connectivity index (χ0) is 30.0. The quantitative estimate of drug-likeness (QED) is 0.268. The lowest BCUT2D eigenvalue weighted by atomic mass is 9.78. The van der Waals surface area contributed by atoms with Crippen LogP contribution in [0.1, 0.15) is 81.9 Å². The molecule has 1 saturated heterocycles. The lowest BCUT2D eigenvalue weighted by Crippen LogP contribution is -2.36. The molecule has 10 heteroatoms. The molecular formula is C30H35ClN2O6S. The first-order valence-electron chi connectivity index (χ1n) is 12.9. The van der Waals surface area contributed by atoms with Crippen molar-refractivity contribution in [2.75, 3.05) is 18.5 Å². The number of phenols is 1. The van der Waals surface area contributed by atoms with Gasteiger partial charge in [-0.2, -0.15) is 0 Å². The van der Waals surface area contributed by atoms with Crippen LogP contribution in [0.25, 0.3) is 6.08 Å². The van der Waals surface area contributed by atoms with E-state index < -0.39 is 29.6 Å². The molecule has 0 bridgehead atoms. The maximum absolute atomic E-state index is 13.1. The zero-order valence-electron chi connectivity index (χ0n) is 23.8. The molecule has 1 fully saturated rings. The minimum atomic E-state index is -0.617. The molecule has 0 aliphatic carbocycles. The lowest BCUT2D eigenvalue weighted by Gasteiger charge is -2.28. The molecule has 3 amide bonds. The molecule has 3 rings (SSSR count). The van der Waals surface area contributed by atoms with Crippen LogP contribution in [0.3, 0.4) is 0 Å². The number of hydrogen-bond acceptors (Lipinski definition) is 7. The van der Waals surface area contributed by atoms with Crippen LogP contribution in [0.2, 0.25) is 5.02 Å². The highest BCUT2D eigenvalue weighted by Gasteiger charge is 2.37. The van der Waals surface area contributed by atoms with E-state index in [2.05, 4.69) is 5.32 Å². The summed E-state index contributed by atoms with van der Waals surface area (Å²) < 4.78 is 5.12. The topological polar surface area (TPSA) is 113 Å². The number of nitrogens with one attached hydrogen (secondary N) is 1. The van der Waals surface area contributed by atoms with Gasteiger partial charge in [-0.05, 0) is 71.0 Å². The lowest BCUT2D eigenvalue weighted by molar-refractivity contribution is -0.127. The summed E-state index contributed by atoms with van der Waals surface area (Å²) in [4.78, 5) is 51.9. The fraction of sp³-hybridized carbons (Fsp3) is 0.400. The molecule has 0 spiro atoms. The van der Waals surface area contributed by atoms with Crippen molar-refractivity contribution >= 4 is 58.1 Å². The summed E-state index contributed by atoms with van der Waals surface area (Å²) >= 11 is 6.86. The first-order chi connectivity index (χ1) is 18.5. The first-order valence-corrected chi connectivity index (χ1v) is 14.1. The van der Waals surface area contributed by atoms with Gasteiger partial charge >= 0.3 is 5.97 Å². The summed E-state index contributed by atoms with van der Waals surface area (Å²) in [6.07, 6.45) is 2.26. The molecule has 0 unspecified atom stereocenters. The second-order valence-corrected chi connectivity index (χ2v) is 13.0. The molecule has 0 aromatic heterocycles. The van der Waals surface area contributed by atoms with Crippen LogP contribution in [-0.2, 0) is 25.2 Å². The Bertz CT molecular complexity index is 1350. The highest BCUT2D eigenvalue weighted by atomic mass is 35.5. The largest absolute Gasteiger partial charge is 0.507 e. The Kier molecular flexibility index (Phi) is 9.42. The second-order valence-electron chi connectivity index (χ2n) is 11.6. The van der Waals surface area contributed by atoms with Gasteiger partial charge in [-0.15, -0.1) is 0 Å². The van der Waals surface area contributed by atoms with E-state index in [-0.39, 0.29) is 44.4 Å². The number of thioether (sulfide) groups is 1. The van der Waals surface area contributed by atoms with E-state index in [9.17, 15) is 24.3 Å². The number of rotatable bonds is 7. The van der Waals surface area contributed by atoms with Gasteiger partial charge in [0.1, 0.15) is 12.3 Å². The minimum absolute atomic E-state index is 0.0974. The highest BCUT2D eigenvalue weighted by Crippen LogP contribution is 2.41. The van der Waals surface area contributed by atoms with E-state index in [1.807, 2.05) is 60.6 Å². The Morgan fingerprint density at radius 1 is 1.05 bits per heavy atom. The summed E-state index contributed by atoms with van der Waals surface area (Å²) in [5, 5.41) is 13.2. The zero-order valence-corrected chi connectivity index (χ0v) is 25.4. The minimum Gasteiger partial charge on any atom is -0.507 e. The summed E-state index contributed by atoms with van der Waals surface area (Å²) in [7, 11) is 0. The number of halogens is 1. The van der Waals surface area contributed by atoms with E-state index in [0.717, 1.165) is 27.8 Å². The number of amides is 3. The molecule has 2 aromatic carbocycles. The molecule has 1 aliphatic heterocycles. The molecule has 1 heterocycles. The number of hydrogen-bond donors (Lipinski definition) is 2. The third-order valence-corrected chi connectivity index (χ3v) is 7.37. The Labute approximate surface area is 244 Å². The average molecular weight is 587 g/mol. The van der Waals surface area contributed by atoms with Gasteiger partial charge in [0, 0.05) is 16.8 Å². The van der Waals surface area contributed by atoms with Crippen LogP contribution in [-0.4, -0.2) is 46.2 Å². The Balaban J connectivity index is 1.81. The molecule has 8 nitrogen and oxygen atoms in total. The molecule has 0 atom stereocenters. The number of phenolic OH excluding ortho intramolecular Hbond substituents is 1. The SMILES string of the molecule is CCCOC(=O)c1cc(NC(=O)CN2C(=O)S/C(=C\c3cc(C(C)(C)C)c(O)c(C(C)(C)C)c3)C2=O)ccc1Cl. The molecule has 0 radical (unpaired) electrons. The van der Waals surface area contributed by atoms with Gasteiger partial charge in [0.2, 0.25) is 5.91 Å². The second kappa shape index (κ2) is 12.1. The van der Waals surface area contributed by atoms with E-state index >= 15 is 0 Å². The Morgan fingerprint density at radius 3 is 2.20 bits per heavy atom. The fourth-order valence-electron chi connectivity index (χ4n) is 4.05. The molecule has 2 aromatic rings. The average Bonchev–Trinajstić information content (AvgIpc) is 3.10. The van der Waals surface area contributed by atoms with Gasteiger partial charge in [-0.25, -0.2) is 4.79 Å². The van der Waals surface area contributed by atoms with Crippen LogP contribution < -0.4 is 5.32 Å². The van der Waals surface area contributed by atoms with E-state index in [1.54, 1.807) is 6.08 Å². The first kappa shape index (κ1) is 31.2. The Morgan fingerprint density at radius 2 is 1.65 bits per heavy atom. The summed E-state index contributed by atoms with van der Waals surface area (Å²) in [6, 6.07) is 7.98. The van der Waals surface area contributed by atoms with Gasteiger partial charge in [0.25, 0.3) is 11.1 Å². The maximum Gasteiger partial charge on any atom is 0.339 e. The molecular weight excluding hydrogens is 552 g/mol. The van der Waals surface area contributed by atoms with Crippen LogP contribution in [0.5, 0.6) is 5.75 Å². The normalized spacial score (nSPS) is 15.1. The van der Waals surface area contributed by atoms with Crippen molar-refractivity contribution in [1.29, 1.82) is 0 Å². The van der Waals surface area contributed by atoms with Crippen molar-refractivity contribution in [2.24, 2.45) is 0 Å². The molecule has 2 N–H and O–H groups in total. The number of nitrogens with zero attached hydrogens (tertiary/aromatic N) is 1. The summed E-state index contributed by atoms with van der Waals surface area (Å²) in [5.74, 6) is -1.61. The molecule has 40 heavy (non-hydrogen) atoms. The standard InChI is InChI=1S/C30H35ClN2O6S/c1-8-11-39-27(37)19-15-18(9-10-22(19)31)32-24(34)16-33-26(36)23(40-28(33)38)14-17-12-20(29(2,3)4)25(35)21(13-17)30(5,6)7/h9-10,12-15,35H,8,11,16H2,1-7H3,(H,32,34)/b23-14-. The number of benzene rings is 2. The highest BCUT2D eigenvalue weighted by molar-refractivity contribution is 8.18. The van der Waals surface area contributed by atoms with E-state index in [1.165, 1.54) is 18.2 Å². The van der Waals surface area contributed by atoms with Gasteiger partial charge in [-0.3, -0.25) is 19.3 Å². The van der Waals surface area contributed by atoms with E-state index in [4.69, 9.17) is 16.3 Å². The number of anilines is 1. The van der Waals surface area contributed by atoms with Crippen molar-refractivity contribution in [1.82, 2.24) is 4.90 Å². The third-order valence-electron chi connectivity index (χ3n) is 6.13. The van der Waals surface area contributed by atoms with Crippen molar-refractivity contribution < 1.29 is 29.0 Å². The van der Waals surface area contributed by atoms with Crippen LogP contribution in [0.4, 0.5) is 10.5 Å². The van der Waals surface area contributed by atoms with Crippen LogP contribution in [0.15, 0.2) is 35.2 Å². The fourth-order valence-corrected chi connectivity index (χ4v) is 5.08. The number of imide groups is 1. The van der Waals surface area contributed by atoms with Crippen molar-refractivity contribution in [3.8, 4) is 5.75 Å². The Hall–Kier alpha value is -3.30. The third kappa shape index (κ3) is 7.26.